The second-order valence-electron chi connectivity index (χ2n) is 6.68. The first-order valence-electron chi connectivity index (χ1n) is 8.98. The van der Waals surface area contributed by atoms with Crippen LogP contribution in [0, 0.1) is 0 Å². The zero-order valence-corrected chi connectivity index (χ0v) is 16.2. The Balaban J connectivity index is 1.81. The number of hydrogen-bond donors (Lipinski definition) is 0. The average Bonchev–Trinajstić information content (AvgIpc) is 3.08. The van der Waals surface area contributed by atoms with Gasteiger partial charge in [-0.15, -0.1) is 0 Å². The van der Waals surface area contributed by atoms with Gasteiger partial charge in [0.15, 0.2) is 0 Å². The molecule has 0 bridgehead atoms. The second-order valence-corrected chi connectivity index (χ2v) is 7.59. The number of halogens is 1. The Morgan fingerprint density at radius 2 is 1.63 bits per heavy atom. The molecule has 3 aromatic carbocycles. The van der Waals surface area contributed by atoms with E-state index < -0.39 is 0 Å². The van der Waals surface area contributed by atoms with Gasteiger partial charge in [-0.05, 0) is 29.1 Å². The summed E-state index contributed by atoms with van der Waals surface area (Å²) in [6.07, 6.45) is 2.98. The van der Waals surface area contributed by atoms with Crippen LogP contribution >= 0.6 is 15.9 Å². The highest BCUT2D eigenvalue weighted by Crippen LogP contribution is 2.31. The van der Waals surface area contributed by atoms with E-state index in [0.717, 1.165) is 27.8 Å². The zero-order chi connectivity index (χ0) is 18.2. The number of fused-ring (bicyclic) bond motifs is 3. The van der Waals surface area contributed by atoms with E-state index in [9.17, 15) is 0 Å². The molecule has 5 rings (SSSR count). The minimum absolute atomic E-state index is 0.836. The number of aromatic nitrogens is 2. The molecule has 130 valence electrons. The van der Waals surface area contributed by atoms with Gasteiger partial charge in [-0.3, -0.25) is 0 Å². The Morgan fingerprint density at radius 3 is 2.48 bits per heavy atom. The number of imidazole rings is 1. The lowest BCUT2D eigenvalue weighted by atomic mass is 10.0. The third kappa shape index (κ3) is 2.94. The fraction of sp³-hybridized carbons (Fsp3) is 0.0417. The van der Waals surface area contributed by atoms with Gasteiger partial charge in [-0.2, -0.15) is 0 Å². The van der Waals surface area contributed by atoms with Gasteiger partial charge in [0.1, 0.15) is 5.65 Å². The quantitative estimate of drug-likeness (QED) is 0.330. The van der Waals surface area contributed by atoms with Crippen molar-refractivity contribution in [2.24, 2.45) is 0 Å². The summed E-state index contributed by atoms with van der Waals surface area (Å²) in [4.78, 5) is 5.09. The number of pyridine rings is 1. The largest absolute Gasteiger partial charge is 0.303 e. The molecule has 0 saturated heterocycles. The van der Waals surface area contributed by atoms with Crippen LogP contribution in [0.15, 0.2) is 95.6 Å². The minimum atomic E-state index is 0.836. The molecule has 0 aliphatic carbocycles. The predicted octanol–water partition coefficient (Wildman–Crippen LogP) is 6.51. The van der Waals surface area contributed by atoms with Crippen LogP contribution in [-0.2, 0) is 6.42 Å². The third-order valence-corrected chi connectivity index (χ3v) is 5.42. The molecule has 27 heavy (non-hydrogen) atoms. The van der Waals surface area contributed by atoms with Crippen LogP contribution < -0.4 is 0 Å². The van der Waals surface area contributed by atoms with Gasteiger partial charge < -0.3 is 4.40 Å². The molecule has 0 aliphatic heterocycles. The maximum absolute atomic E-state index is 5.09. The summed E-state index contributed by atoms with van der Waals surface area (Å²) in [6, 6.07) is 29.6. The van der Waals surface area contributed by atoms with E-state index in [0.29, 0.717) is 0 Å². The van der Waals surface area contributed by atoms with E-state index in [1.807, 2.05) is 6.07 Å². The van der Waals surface area contributed by atoms with Crippen molar-refractivity contribution in [2.75, 3.05) is 0 Å². The first-order chi connectivity index (χ1) is 13.3. The van der Waals surface area contributed by atoms with Crippen molar-refractivity contribution in [3.63, 3.8) is 0 Å². The van der Waals surface area contributed by atoms with Crippen molar-refractivity contribution in [1.29, 1.82) is 0 Å². The maximum Gasteiger partial charge on any atom is 0.145 e. The summed E-state index contributed by atoms with van der Waals surface area (Å²) >= 11 is 3.60. The summed E-state index contributed by atoms with van der Waals surface area (Å²) < 4.78 is 3.30. The predicted molar refractivity (Wildman–Crippen MR) is 115 cm³/mol. The van der Waals surface area contributed by atoms with Crippen molar-refractivity contribution in [3.8, 4) is 11.3 Å². The lowest BCUT2D eigenvalue weighted by Crippen LogP contribution is -1.97. The molecule has 0 amide bonds. The summed E-state index contributed by atoms with van der Waals surface area (Å²) in [7, 11) is 0. The molecule has 0 spiro atoms. The van der Waals surface area contributed by atoms with Crippen LogP contribution in [0.4, 0.5) is 0 Å². The Hall–Kier alpha value is -2.91. The van der Waals surface area contributed by atoms with Crippen molar-refractivity contribution in [1.82, 2.24) is 9.38 Å². The van der Waals surface area contributed by atoms with E-state index >= 15 is 0 Å². The Morgan fingerprint density at radius 1 is 0.815 bits per heavy atom. The topological polar surface area (TPSA) is 17.3 Å². The van der Waals surface area contributed by atoms with Crippen LogP contribution in [0.5, 0.6) is 0 Å². The second kappa shape index (κ2) is 6.67. The maximum atomic E-state index is 5.09. The Bertz CT molecular complexity index is 1260. The lowest BCUT2D eigenvalue weighted by molar-refractivity contribution is 1.03. The SMILES string of the molecule is Brc1cccc(-c2nc3c4ccccc4ccn3c2Cc2ccccc2)c1. The van der Waals surface area contributed by atoms with Gasteiger partial charge in [-0.25, -0.2) is 4.98 Å². The molecule has 0 saturated carbocycles. The zero-order valence-electron chi connectivity index (χ0n) is 14.6. The van der Waals surface area contributed by atoms with Crippen LogP contribution in [0.3, 0.4) is 0 Å². The van der Waals surface area contributed by atoms with Crippen molar-refractivity contribution in [2.45, 2.75) is 6.42 Å². The molecule has 0 atom stereocenters. The molecule has 0 unspecified atom stereocenters. The van der Waals surface area contributed by atoms with Gasteiger partial charge in [0.2, 0.25) is 0 Å². The van der Waals surface area contributed by atoms with E-state index in [1.54, 1.807) is 0 Å². The third-order valence-electron chi connectivity index (χ3n) is 4.93. The molecule has 2 nitrogen and oxygen atoms in total. The molecule has 0 fully saturated rings. The Labute approximate surface area is 166 Å². The standard InChI is InChI=1S/C24H17BrN2/c25-20-11-6-10-19(16-20)23-22(15-17-7-2-1-3-8-17)27-14-13-18-9-4-5-12-21(18)24(27)26-23/h1-14,16H,15H2. The van der Waals surface area contributed by atoms with Gasteiger partial charge in [-0.1, -0.05) is 82.7 Å². The molecule has 2 heterocycles. The van der Waals surface area contributed by atoms with E-state index in [4.69, 9.17) is 4.98 Å². The van der Waals surface area contributed by atoms with Crippen LogP contribution in [0.1, 0.15) is 11.3 Å². The molecule has 0 radical (unpaired) electrons. The minimum Gasteiger partial charge on any atom is -0.303 e. The monoisotopic (exact) mass is 412 g/mol. The van der Waals surface area contributed by atoms with Crippen molar-refractivity contribution >= 4 is 32.3 Å². The van der Waals surface area contributed by atoms with E-state index in [2.05, 4.69) is 105 Å². The summed E-state index contributed by atoms with van der Waals surface area (Å²) in [5, 5.41) is 2.39. The van der Waals surface area contributed by atoms with Crippen LogP contribution in [0.2, 0.25) is 0 Å². The van der Waals surface area contributed by atoms with E-state index in [1.165, 1.54) is 22.0 Å². The average molecular weight is 413 g/mol. The number of rotatable bonds is 3. The number of benzene rings is 3. The molecular weight excluding hydrogens is 396 g/mol. The smallest absolute Gasteiger partial charge is 0.145 e. The molecule has 5 aromatic rings. The first kappa shape index (κ1) is 16.3. The van der Waals surface area contributed by atoms with Gasteiger partial charge in [0.25, 0.3) is 0 Å². The summed E-state index contributed by atoms with van der Waals surface area (Å²) in [6.45, 7) is 0. The van der Waals surface area contributed by atoms with Gasteiger partial charge in [0, 0.05) is 28.0 Å². The van der Waals surface area contributed by atoms with Gasteiger partial charge >= 0.3 is 0 Å². The summed E-state index contributed by atoms with van der Waals surface area (Å²) in [5.74, 6) is 0. The highest BCUT2D eigenvalue weighted by atomic mass is 79.9. The highest BCUT2D eigenvalue weighted by molar-refractivity contribution is 9.10. The number of nitrogens with zero attached hydrogens (tertiary/aromatic N) is 2. The van der Waals surface area contributed by atoms with E-state index in [-0.39, 0.29) is 0 Å². The molecular formula is C24H17BrN2. The molecule has 3 heteroatoms. The lowest BCUT2D eigenvalue weighted by Gasteiger charge is -2.07. The number of hydrogen-bond acceptors (Lipinski definition) is 1. The molecule has 0 aliphatic rings. The summed E-state index contributed by atoms with van der Waals surface area (Å²) in [5.41, 5.74) is 5.66. The fourth-order valence-electron chi connectivity index (χ4n) is 3.64. The Kier molecular flexibility index (Phi) is 4.02. The normalized spacial score (nSPS) is 11.3. The van der Waals surface area contributed by atoms with Crippen LogP contribution in [-0.4, -0.2) is 9.38 Å². The molecule has 2 aromatic heterocycles. The molecule has 0 N–H and O–H groups in total. The van der Waals surface area contributed by atoms with Crippen molar-refractivity contribution in [3.05, 3.63) is 107 Å². The fourth-order valence-corrected chi connectivity index (χ4v) is 4.04. The van der Waals surface area contributed by atoms with Gasteiger partial charge in [0.05, 0.1) is 11.4 Å². The van der Waals surface area contributed by atoms with Crippen LogP contribution in [0.25, 0.3) is 27.7 Å². The first-order valence-corrected chi connectivity index (χ1v) is 9.77. The van der Waals surface area contributed by atoms with Crippen molar-refractivity contribution < 1.29 is 0 Å². The highest BCUT2D eigenvalue weighted by Gasteiger charge is 2.16.